The van der Waals surface area contributed by atoms with Crippen molar-refractivity contribution < 1.29 is 18.8 Å². The van der Waals surface area contributed by atoms with Crippen LogP contribution in [-0.4, -0.2) is 49.1 Å². The van der Waals surface area contributed by atoms with E-state index in [4.69, 9.17) is 19.1 Å². The zero-order chi connectivity index (χ0) is 37.0. The highest BCUT2D eigenvalue weighted by molar-refractivity contribution is 7.70. The molecule has 48 heavy (non-hydrogen) atoms. The fraction of sp³-hybridized carbons (Fsp3) is 0.900. The number of rotatable bonds is 38. The number of nitrogens with one attached hydrogen (secondary N) is 1. The van der Waals surface area contributed by atoms with Crippen LogP contribution in [0.3, 0.4) is 0 Å². The Labute approximate surface area is 306 Å². The molecule has 0 aromatic rings. The Hall–Kier alpha value is -0.648. The van der Waals surface area contributed by atoms with E-state index in [1.807, 2.05) is 6.08 Å². The summed E-state index contributed by atoms with van der Waals surface area (Å²) in [6.07, 6.45) is 37.5. The maximum absolute atomic E-state index is 13.1. The zero-order valence-electron chi connectivity index (χ0n) is 33.9. The number of hydrogen-bond donors (Lipinski definition) is 1. The number of carbonyl (C=O) groups is 2. The summed E-state index contributed by atoms with van der Waals surface area (Å²) in [5.74, 6) is -0.370. The van der Waals surface area contributed by atoms with E-state index in [1.165, 1.54) is 128 Å². The van der Waals surface area contributed by atoms with Crippen molar-refractivity contribution in [1.82, 2.24) is 5.32 Å². The molecule has 1 amide bonds. The van der Waals surface area contributed by atoms with E-state index < -0.39 is 29.4 Å². The first kappa shape index (κ1) is 43.5. The summed E-state index contributed by atoms with van der Waals surface area (Å²) < 4.78 is 27.7. The Morgan fingerprint density at radius 3 is 1.58 bits per heavy atom. The fourth-order valence-electron chi connectivity index (χ4n) is 6.12. The second-order valence-corrected chi connectivity index (χ2v) is 16.5. The third-order valence-electron chi connectivity index (χ3n) is 9.22. The molecule has 280 valence electrons. The van der Waals surface area contributed by atoms with Crippen LogP contribution in [0.1, 0.15) is 213 Å². The average Bonchev–Trinajstić information content (AvgIpc) is 3.10. The van der Waals surface area contributed by atoms with Gasteiger partial charge in [0.15, 0.2) is 0 Å². The minimum atomic E-state index is -3.41. The van der Waals surface area contributed by atoms with Crippen molar-refractivity contribution in [2.75, 3.05) is 6.61 Å². The lowest BCUT2D eigenvalue weighted by molar-refractivity contribution is -0.149. The maximum atomic E-state index is 13.1. The summed E-state index contributed by atoms with van der Waals surface area (Å²) in [5, 5.41) is 3.07. The predicted molar refractivity (Wildman–Crippen MR) is 215 cm³/mol. The van der Waals surface area contributed by atoms with Crippen LogP contribution in [0.2, 0.25) is 0 Å². The second kappa shape index (κ2) is 37.6. The van der Waals surface area contributed by atoms with Gasteiger partial charge in [0.25, 0.3) is 0 Å². The monoisotopic (exact) mass is 711 g/mol. The lowest BCUT2D eigenvalue weighted by Gasteiger charge is -2.27. The SMILES string of the molecule is [2H][Si]([B])(OC[C@H](NC(=O)CCCCCCCCCCCCC)[C@@H](/C=C/CCCCCCCCC)OC(=O)CCCCCCCCCCC)P[3H]. The highest BCUT2D eigenvalue weighted by Gasteiger charge is 2.25. The number of esters is 1. The van der Waals surface area contributed by atoms with Gasteiger partial charge >= 0.3 is 5.97 Å². The Morgan fingerprint density at radius 2 is 1.12 bits per heavy atom. The van der Waals surface area contributed by atoms with Crippen molar-refractivity contribution in [3.8, 4) is 0 Å². The van der Waals surface area contributed by atoms with E-state index in [9.17, 15) is 9.59 Å². The summed E-state index contributed by atoms with van der Waals surface area (Å²) in [5.41, 5.74) is 0. The number of carbonyl (C=O) groups excluding carboxylic acids is 2. The molecule has 0 aliphatic rings. The van der Waals surface area contributed by atoms with E-state index in [-0.39, 0.29) is 18.5 Å². The third kappa shape index (κ3) is 33.8. The Bertz CT molecular complexity index is 811. The molecular weight excluding hydrogens is 628 g/mol. The largest absolute Gasteiger partial charge is 0.456 e. The highest BCUT2D eigenvalue weighted by atomic mass is 31.3. The Morgan fingerprint density at radius 1 is 0.708 bits per heavy atom. The molecule has 2 unspecified atom stereocenters. The highest BCUT2D eigenvalue weighted by Crippen LogP contribution is 2.15. The summed E-state index contributed by atoms with van der Waals surface area (Å²) in [6.45, 7) is 6.68. The minimum Gasteiger partial charge on any atom is -0.456 e. The summed E-state index contributed by atoms with van der Waals surface area (Å²) in [4.78, 5) is 26.2. The van der Waals surface area contributed by atoms with Gasteiger partial charge in [0, 0.05) is 14.1 Å². The summed E-state index contributed by atoms with van der Waals surface area (Å²) in [6, 6.07) is -0.648. The lowest BCUT2D eigenvalue weighted by Crippen LogP contribution is -2.48. The molecule has 0 heterocycles. The first-order chi connectivity index (χ1) is 24.3. The fourth-order valence-corrected chi connectivity index (χ4v) is 6.73. The summed E-state index contributed by atoms with van der Waals surface area (Å²) in [7, 11) is 2.01. The van der Waals surface area contributed by atoms with Gasteiger partial charge in [-0.25, -0.2) is 0 Å². The van der Waals surface area contributed by atoms with Crippen LogP contribution < -0.4 is 5.32 Å². The van der Waals surface area contributed by atoms with Crippen LogP contribution in [0.5, 0.6) is 0 Å². The molecule has 0 saturated heterocycles. The van der Waals surface area contributed by atoms with E-state index in [2.05, 4.69) is 32.2 Å². The molecule has 0 fully saturated rings. The molecule has 0 bridgehead atoms. The van der Waals surface area contributed by atoms with Gasteiger partial charge in [-0.15, -0.1) is 8.73 Å². The van der Waals surface area contributed by atoms with Gasteiger partial charge in [0.2, 0.25) is 5.91 Å². The smallest absolute Gasteiger partial charge is 0.306 e. The van der Waals surface area contributed by atoms with Crippen molar-refractivity contribution in [3.05, 3.63) is 12.2 Å². The molecule has 1 N–H and O–H groups in total. The number of hydrogen-bond acceptors (Lipinski definition) is 4. The van der Waals surface area contributed by atoms with Crippen molar-refractivity contribution in [2.45, 2.75) is 226 Å². The maximum Gasteiger partial charge on any atom is 0.306 e. The van der Waals surface area contributed by atoms with Gasteiger partial charge < -0.3 is 14.5 Å². The van der Waals surface area contributed by atoms with Gasteiger partial charge in [0.05, 0.1) is 21.4 Å². The van der Waals surface area contributed by atoms with Crippen LogP contribution in [0, 0.1) is 0 Å². The zero-order valence-corrected chi connectivity index (χ0v) is 33.9. The normalized spacial score (nSPS) is 15.0. The molecule has 4 atom stereocenters. The van der Waals surface area contributed by atoms with Crippen molar-refractivity contribution in [1.29, 1.82) is 2.51 Å². The topological polar surface area (TPSA) is 64.6 Å². The third-order valence-corrected chi connectivity index (χ3v) is 10.1. The first-order valence-corrected chi connectivity index (χ1v) is 23.5. The van der Waals surface area contributed by atoms with Crippen LogP contribution in [0.15, 0.2) is 12.2 Å². The van der Waals surface area contributed by atoms with E-state index >= 15 is 0 Å². The number of ether oxygens (including phenoxy) is 1. The van der Waals surface area contributed by atoms with Gasteiger partial charge in [-0.1, -0.05) is 181 Å². The molecule has 0 rings (SSSR count). The molecule has 0 aromatic carbocycles. The van der Waals surface area contributed by atoms with Gasteiger partial charge in [-0.3, -0.25) is 9.59 Å². The van der Waals surface area contributed by atoms with Crippen LogP contribution in [0.25, 0.3) is 0 Å². The number of allylic oxidation sites excluding steroid dienone is 1. The van der Waals surface area contributed by atoms with E-state index in [0.717, 1.165) is 51.4 Å². The predicted octanol–water partition coefficient (Wildman–Crippen LogP) is 11.5. The van der Waals surface area contributed by atoms with Crippen LogP contribution in [-0.2, 0) is 18.8 Å². The Balaban J connectivity index is 5.12. The molecule has 0 spiro atoms. The molecule has 8 heteroatoms. The standard InChI is InChI=1S/C40H79BNO4PSi/c1-4-7-10-13-16-19-20-23-25-28-31-34-39(43)42-37(36-45-48(41)47)38(33-30-27-24-21-17-14-11-8-5-2)46-40(44)35-32-29-26-22-18-15-12-9-6-3/h30,33,37-38,48H,4-29,31-32,34-36,47H2,1-3H3,(H,42,43)/b33-30+/t37-,38+,48?/m0/s1/i47T,48D/t37-,38+,47?,48?. The van der Waals surface area contributed by atoms with Crippen molar-refractivity contribution >= 4 is 36.6 Å². The minimum absolute atomic E-state index is 0.0418. The first-order valence-electron chi connectivity index (χ1n) is 21.6. The molecule has 0 aliphatic carbocycles. The van der Waals surface area contributed by atoms with Crippen molar-refractivity contribution in [2.24, 2.45) is 0 Å². The molecule has 5 nitrogen and oxygen atoms in total. The van der Waals surface area contributed by atoms with E-state index in [0.29, 0.717) is 12.8 Å². The average molecular weight is 711 g/mol. The number of unbranched alkanes of at least 4 members (excludes halogenated alkanes) is 25. The summed E-state index contributed by atoms with van der Waals surface area (Å²) >= 11 is 0. The molecule has 0 aliphatic heterocycles. The molecular formula is C40H79BNO4PSi. The van der Waals surface area contributed by atoms with Crippen LogP contribution >= 0.6 is 8.73 Å². The van der Waals surface area contributed by atoms with E-state index in [1.54, 1.807) is 0 Å². The Kier molecular flexibility index (Phi) is 34.1. The van der Waals surface area contributed by atoms with Gasteiger partial charge in [0.1, 0.15) is 14.6 Å². The van der Waals surface area contributed by atoms with Gasteiger partial charge in [-0.2, -0.15) is 0 Å². The van der Waals surface area contributed by atoms with Crippen LogP contribution in [0.4, 0.5) is 0 Å². The molecule has 0 aromatic heterocycles. The molecule has 0 saturated carbocycles. The van der Waals surface area contributed by atoms with Gasteiger partial charge in [-0.05, 0) is 31.8 Å². The van der Waals surface area contributed by atoms with Crippen molar-refractivity contribution in [3.63, 3.8) is 0 Å². The lowest BCUT2D eigenvalue weighted by atomic mass is 10.0. The quantitative estimate of drug-likeness (QED) is 0.0228. The number of amides is 1. The molecule has 2 radical (unpaired) electrons. The second-order valence-electron chi connectivity index (χ2n) is 14.0.